The average Bonchev–Trinajstić information content (AvgIpc) is 3.84. The van der Waals surface area contributed by atoms with Crippen LogP contribution >= 0.6 is 0 Å². The molecule has 1 aliphatic carbocycles. The number of aliphatic carboxylic acids is 1. The second kappa shape index (κ2) is 15.4. The molecule has 1 saturated carbocycles. The minimum atomic E-state index is -5.08. The van der Waals surface area contributed by atoms with Gasteiger partial charge in [0.1, 0.15) is 5.75 Å². The lowest BCUT2D eigenvalue weighted by Crippen LogP contribution is -2.33. The number of halogens is 3. The number of hydrogen-bond acceptors (Lipinski definition) is 7. The fourth-order valence-electron chi connectivity index (χ4n) is 5.52. The lowest BCUT2D eigenvalue weighted by molar-refractivity contribution is -0.192. The van der Waals surface area contributed by atoms with Gasteiger partial charge in [-0.3, -0.25) is 19.2 Å². The summed E-state index contributed by atoms with van der Waals surface area (Å²) in [4.78, 5) is 63.2. The lowest BCUT2D eigenvalue weighted by atomic mass is 10.1. The number of nitrogens with zero attached hydrogens (tertiary/aromatic N) is 2. The first-order chi connectivity index (χ1) is 23.8. The Balaban J connectivity index is 0.000000630. The number of nitrogens with one attached hydrogen (secondary N) is 2. The predicted molar refractivity (Wildman–Crippen MR) is 175 cm³/mol. The number of carboxylic acids is 1. The highest BCUT2D eigenvalue weighted by Crippen LogP contribution is 2.33. The van der Waals surface area contributed by atoms with Crippen LogP contribution in [0.3, 0.4) is 0 Å². The van der Waals surface area contributed by atoms with Gasteiger partial charge in [0.25, 0.3) is 17.7 Å². The Morgan fingerprint density at radius 3 is 2.30 bits per heavy atom. The molecule has 1 fully saturated rings. The molecule has 4 amide bonds. The smallest absolute Gasteiger partial charge is 0.482 e. The van der Waals surface area contributed by atoms with Gasteiger partial charge in [0.15, 0.2) is 6.61 Å². The number of benzene rings is 3. The van der Waals surface area contributed by atoms with E-state index in [9.17, 15) is 32.3 Å². The summed E-state index contributed by atoms with van der Waals surface area (Å²) in [7, 11) is 0. The molecule has 3 aliphatic rings. The first kappa shape index (κ1) is 35.9. The molecule has 15 heteroatoms. The van der Waals surface area contributed by atoms with Crippen molar-refractivity contribution in [3.63, 3.8) is 0 Å². The van der Waals surface area contributed by atoms with Gasteiger partial charge in [0.2, 0.25) is 5.91 Å². The molecule has 0 bridgehead atoms. The summed E-state index contributed by atoms with van der Waals surface area (Å²) in [5, 5.41) is 12.8. The van der Waals surface area contributed by atoms with Gasteiger partial charge in [-0.25, -0.2) is 4.79 Å². The molecule has 6 rings (SSSR count). The molecular formula is C35H36F3N5O7. The molecule has 0 saturated heterocycles. The molecule has 12 nitrogen and oxygen atoms in total. The Morgan fingerprint density at radius 1 is 0.960 bits per heavy atom. The number of carbonyl (C=O) groups excluding carboxylic acids is 4. The molecule has 5 N–H and O–H groups in total. The summed E-state index contributed by atoms with van der Waals surface area (Å²) in [5.41, 5.74) is 10.9. The van der Waals surface area contributed by atoms with Gasteiger partial charge in [-0.2, -0.15) is 13.2 Å². The molecule has 50 heavy (non-hydrogen) atoms. The van der Waals surface area contributed by atoms with Crippen LogP contribution in [0.2, 0.25) is 0 Å². The molecule has 0 unspecified atom stereocenters. The Bertz CT molecular complexity index is 1780. The van der Waals surface area contributed by atoms with E-state index in [2.05, 4.69) is 10.6 Å². The minimum absolute atomic E-state index is 0.0705. The maximum Gasteiger partial charge on any atom is 0.490 e. The van der Waals surface area contributed by atoms with Crippen LogP contribution in [0.25, 0.3) is 0 Å². The van der Waals surface area contributed by atoms with E-state index in [0.29, 0.717) is 60.9 Å². The molecule has 0 atom stereocenters. The van der Waals surface area contributed by atoms with E-state index < -0.39 is 12.1 Å². The number of alkyl halides is 3. The first-order valence-electron chi connectivity index (χ1n) is 16.0. The van der Waals surface area contributed by atoms with Crippen molar-refractivity contribution in [1.29, 1.82) is 0 Å². The largest absolute Gasteiger partial charge is 0.490 e. The molecule has 0 radical (unpaired) electrons. The van der Waals surface area contributed by atoms with Gasteiger partial charge in [-0.1, -0.05) is 18.2 Å². The van der Waals surface area contributed by atoms with Crippen molar-refractivity contribution >= 4 is 41.0 Å². The van der Waals surface area contributed by atoms with E-state index >= 15 is 0 Å². The van der Waals surface area contributed by atoms with E-state index in [-0.39, 0.29) is 36.3 Å². The molecule has 0 aromatic heterocycles. The molecular weight excluding hydrogens is 659 g/mol. The molecule has 264 valence electrons. The van der Waals surface area contributed by atoms with Gasteiger partial charge in [-0.05, 0) is 91.4 Å². The predicted octanol–water partition coefficient (Wildman–Crippen LogP) is 4.68. The van der Waals surface area contributed by atoms with Crippen LogP contribution in [-0.2, 0) is 34.0 Å². The van der Waals surface area contributed by atoms with Crippen LogP contribution in [0.4, 0.5) is 24.5 Å². The van der Waals surface area contributed by atoms with Gasteiger partial charge in [0, 0.05) is 48.9 Å². The highest BCUT2D eigenvalue weighted by Gasteiger charge is 2.38. The number of anilines is 2. The summed E-state index contributed by atoms with van der Waals surface area (Å²) < 4.78 is 37.2. The van der Waals surface area contributed by atoms with Crippen LogP contribution in [0.1, 0.15) is 69.5 Å². The zero-order valence-electron chi connectivity index (χ0n) is 26.9. The fourth-order valence-corrected chi connectivity index (χ4v) is 5.52. The van der Waals surface area contributed by atoms with Crippen LogP contribution in [0.5, 0.6) is 5.75 Å². The van der Waals surface area contributed by atoms with Crippen molar-refractivity contribution in [3.8, 4) is 5.75 Å². The van der Waals surface area contributed by atoms with Crippen molar-refractivity contribution in [3.05, 3.63) is 88.5 Å². The molecule has 3 aromatic rings. The maximum atomic E-state index is 13.4. The summed E-state index contributed by atoms with van der Waals surface area (Å²) in [6, 6.07) is 18.3. The number of carboxylic acid groups (broad SMARTS) is 1. The number of fused-ring (bicyclic) bond motifs is 2. The van der Waals surface area contributed by atoms with Crippen molar-refractivity contribution in [1.82, 2.24) is 9.80 Å². The van der Waals surface area contributed by atoms with Crippen molar-refractivity contribution < 1.29 is 47.0 Å². The Hall–Kier alpha value is -5.44. The highest BCUT2D eigenvalue weighted by molar-refractivity contribution is 6.04. The number of carbonyl (C=O) groups is 5. The number of rotatable bonds is 10. The van der Waals surface area contributed by atoms with Crippen molar-refractivity contribution in [2.75, 3.05) is 23.8 Å². The zero-order valence-corrected chi connectivity index (χ0v) is 26.9. The molecule has 3 aromatic carbocycles. The normalized spacial score (nSPS) is 14.6. The van der Waals surface area contributed by atoms with E-state index in [1.54, 1.807) is 30.3 Å². The Morgan fingerprint density at radius 2 is 1.64 bits per heavy atom. The zero-order chi connectivity index (χ0) is 36.0. The summed E-state index contributed by atoms with van der Waals surface area (Å²) in [5.74, 6) is -2.68. The number of ether oxygens (including phenoxy) is 1. The van der Waals surface area contributed by atoms with Gasteiger partial charge < -0.3 is 36.0 Å². The van der Waals surface area contributed by atoms with Crippen LogP contribution in [-0.4, -0.2) is 69.9 Å². The Labute approximate surface area is 285 Å². The minimum Gasteiger partial charge on any atom is -0.482 e. The maximum absolute atomic E-state index is 13.4. The molecule has 2 heterocycles. The summed E-state index contributed by atoms with van der Waals surface area (Å²) >= 11 is 0. The average molecular weight is 696 g/mol. The van der Waals surface area contributed by atoms with E-state index in [1.165, 1.54) is 0 Å². The van der Waals surface area contributed by atoms with Gasteiger partial charge in [-0.15, -0.1) is 0 Å². The number of hydrogen-bond donors (Lipinski definition) is 4. The van der Waals surface area contributed by atoms with Crippen molar-refractivity contribution in [2.45, 2.75) is 64.0 Å². The van der Waals surface area contributed by atoms with Crippen molar-refractivity contribution in [2.24, 2.45) is 5.73 Å². The third-order valence-corrected chi connectivity index (χ3v) is 8.31. The van der Waals surface area contributed by atoms with E-state index in [1.807, 2.05) is 40.1 Å². The number of amides is 4. The van der Waals surface area contributed by atoms with Crippen LogP contribution in [0.15, 0.2) is 60.7 Å². The number of unbranched alkanes of at least 4 members (excludes halogenated alkanes) is 1. The first-order valence-corrected chi connectivity index (χ1v) is 16.0. The van der Waals surface area contributed by atoms with E-state index in [0.717, 1.165) is 42.4 Å². The third kappa shape index (κ3) is 9.16. The second-order valence-electron chi connectivity index (χ2n) is 12.1. The quantitative estimate of drug-likeness (QED) is 0.222. The SMILES string of the molecule is NCCCCC(=O)N1Cc2ccc(NC(=O)c3ccc(CN(C(=O)c4ccc5c(c4)OCC(=O)N5)C4CC4)cc3)cc2C1.O=C(O)C(F)(F)F. The van der Waals surface area contributed by atoms with Crippen LogP contribution in [0, 0.1) is 0 Å². The van der Waals surface area contributed by atoms with E-state index in [4.69, 9.17) is 20.4 Å². The summed E-state index contributed by atoms with van der Waals surface area (Å²) in [6.07, 6.45) is -1.05. The van der Waals surface area contributed by atoms with Gasteiger partial charge >= 0.3 is 12.1 Å². The fraction of sp³-hybridized carbons (Fsp3) is 0.343. The number of nitrogens with two attached hydrogens (primary N) is 1. The molecule has 0 spiro atoms. The lowest BCUT2D eigenvalue weighted by Gasteiger charge is -2.24. The van der Waals surface area contributed by atoms with Gasteiger partial charge in [0.05, 0.1) is 5.69 Å². The third-order valence-electron chi connectivity index (χ3n) is 8.31. The van der Waals surface area contributed by atoms with Crippen LogP contribution < -0.4 is 21.1 Å². The highest BCUT2D eigenvalue weighted by atomic mass is 19.4. The monoisotopic (exact) mass is 695 g/mol. The topological polar surface area (TPSA) is 171 Å². The standard InChI is InChI=1S/C33H35N5O5.C2HF3O2/c34-14-2-1-3-31(40)37-18-24-8-10-26(15-25(24)19-37)35-32(41)22-6-4-21(5-7-22)17-38(27-11-12-27)33(42)23-9-13-28-29(16-23)43-20-30(39)36-28;3-2(4,5)1(6)7/h4-10,13,15-16,27H,1-3,11-12,14,17-20,34H2,(H,35,41)(H,36,39);(H,6,7). The molecule has 2 aliphatic heterocycles. The Kier molecular flexibility index (Phi) is 11.0. The second-order valence-corrected chi connectivity index (χ2v) is 12.1. The summed E-state index contributed by atoms with van der Waals surface area (Å²) in [6.45, 7) is 2.07.